The van der Waals surface area contributed by atoms with Crippen LogP contribution in [0.1, 0.15) is 20.8 Å². The highest BCUT2D eigenvalue weighted by molar-refractivity contribution is 5.75. The zero-order valence-electron chi connectivity index (χ0n) is 7.65. The third-order valence-electron chi connectivity index (χ3n) is 1.53. The smallest absolute Gasteiger partial charge is 0.337 e. The summed E-state index contributed by atoms with van der Waals surface area (Å²) >= 11 is 0. The second-order valence-corrected chi connectivity index (χ2v) is 2.93. The quantitative estimate of drug-likeness (QED) is 0.588. The van der Waals surface area contributed by atoms with Gasteiger partial charge in [0.25, 0.3) is 0 Å². The molecule has 72 valence electrons. The van der Waals surface area contributed by atoms with Crippen LogP contribution in [0.2, 0.25) is 0 Å². The lowest BCUT2D eigenvalue weighted by molar-refractivity contribution is -0.160. The lowest BCUT2D eigenvalue weighted by Gasteiger charge is -2.18. The number of carbonyl (C=O) groups is 1. The molecule has 0 aromatic carbocycles. The van der Waals surface area contributed by atoms with E-state index in [1.54, 1.807) is 20.8 Å². The SMILES string of the molecule is CCOC(=O)[C@@H](O)[C@H](O)C(C)C. The van der Waals surface area contributed by atoms with E-state index in [1.165, 1.54) is 0 Å². The van der Waals surface area contributed by atoms with E-state index in [2.05, 4.69) is 4.74 Å². The molecule has 0 aliphatic carbocycles. The molecule has 0 saturated carbocycles. The maximum atomic E-state index is 10.9. The van der Waals surface area contributed by atoms with Crippen molar-refractivity contribution in [3.63, 3.8) is 0 Å². The third-order valence-corrected chi connectivity index (χ3v) is 1.53. The Morgan fingerprint density at radius 1 is 1.42 bits per heavy atom. The highest BCUT2D eigenvalue weighted by Crippen LogP contribution is 2.07. The zero-order chi connectivity index (χ0) is 9.72. The molecule has 0 saturated heterocycles. The summed E-state index contributed by atoms with van der Waals surface area (Å²) in [5.74, 6) is -0.928. The summed E-state index contributed by atoms with van der Waals surface area (Å²) in [5, 5.41) is 18.4. The highest BCUT2D eigenvalue weighted by atomic mass is 16.5. The summed E-state index contributed by atoms with van der Waals surface area (Å²) in [6, 6.07) is 0. The summed E-state index contributed by atoms with van der Waals surface area (Å²) in [7, 11) is 0. The Balaban J connectivity index is 4.00. The molecule has 0 bridgehead atoms. The fourth-order valence-electron chi connectivity index (χ4n) is 0.732. The maximum Gasteiger partial charge on any atom is 0.337 e. The highest BCUT2D eigenvalue weighted by Gasteiger charge is 2.27. The second-order valence-electron chi connectivity index (χ2n) is 2.93. The van der Waals surface area contributed by atoms with Crippen LogP contribution in [-0.2, 0) is 9.53 Å². The van der Waals surface area contributed by atoms with Gasteiger partial charge in [0.1, 0.15) is 0 Å². The average molecular weight is 176 g/mol. The number of aliphatic hydroxyl groups is 2. The molecule has 0 fully saturated rings. The second kappa shape index (κ2) is 5.11. The summed E-state index contributed by atoms with van der Waals surface area (Å²) < 4.78 is 4.53. The normalized spacial score (nSPS) is 15.8. The molecule has 4 heteroatoms. The van der Waals surface area contributed by atoms with E-state index < -0.39 is 18.2 Å². The monoisotopic (exact) mass is 176 g/mol. The first-order chi connectivity index (χ1) is 5.50. The first-order valence-electron chi connectivity index (χ1n) is 4.03. The number of aliphatic hydroxyl groups excluding tert-OH is 2. The number of carbonyl (C=O) groups excluding carboxylic acids is 1. The van der Waals surface area contributed by atoms with Crippen molar-refractivity contribution < 1.29 is 19.7 Å². The summed E-state index contributed by atoms with van der Waals surface area (Å²) in [5.41, 5.74) is 0. The molecule has 0 aliphatic heterocycles. The average Bonchev–Trinajstić information content (AvgIpc) is 2.02. The molecule has 0 amide bonds. The molecule has 0 unspecified atom stereocenters. The molecule has 0 rings (SSSR count). The van der Waals surface area contributed by atoms with Gasteiger partial charge in [0, 0.05) is 0 Å². The molecule has 0 aliphatic rings. The van der Waals surface area contributed by atoms with E-state index in [-0.39, 0.29) is 12.5 Å². The van der Waals surface area contributed by atoms with E-state index in [0.29, 0.717) is 0 Å². The van der Waals surface area contributed by atoms with Crippen molar-refractivity contribution in [2.75, 3.05) is 6.61 Å². The molecule has 0 aromatic rings. The number of rotatable bonds is 4. The van der Waals surface area contributed by atoms with Crippen LogP contribution in [0, 0.1) is 5.92 Å². The Bertz CT molecular complexity index is 144. The molecule has 0 spiro atoms. The van der Waals surface area contributed by atoms with Crippen LogP contribution in [0.4, 0.5) is 0 Å². The van der Waals surface area contributed by atoms with Gasteiger partial charge in [-0.2, -0.15) is 0 Å². The molecular weight excluding hydrogens is 160 g/mol. The number of ether oxygens (including phenoxy) is 1. The molecule has 0 aromatic heterocycles. The van der Waals surface area contributed by atoms with Crippen LogP contribution < -0.4 is 0 Å². The number of esters is 1. The van der Waals surface area contributed by atoms with Crippen LogP contribution in [0.25, 0.3) is 0 Å². The van der Waals surface area contributed by atoms with Gasteiger partial charge in [0.2, 0.25) is 0 Å². The predicted molar refractivity (Wildman–Crippen MR) is 43.5 cm³/mol. The van der Waals surface area contributed by atoms with Crippen molar-refractivity contribution in [1.82, 2.24) is 0 Å². The summed E-state index contributed by atoms with van der Waals surface area (Å²) in [4.78, 5) is 10.9. The topological polar surface area (TPSA) is 66.8 Å². The van der Waals surface area contributed by atoms with Crippen molar-refractivity contribution >= 4 is 5.97 Å². The van der Waals surface area contributed by atoms with Gasteiger partial charge in [-0.05, 0) is 12.8 Å². The number of hydrogen-bond donors (Lipinski definition) is 2. The standard InChI is InChI=1S/C8H16O4/c1-4-12-8(11)7(10)6(9)5(2)3/h5-7,9-10H,4H2,1-3H3/t6-,7+/m1/s1. The van der Waals surface area contributed by atoms with E-state index in [4.69, 9.17) is 5.11 Å². The van der Waals surface area contributed by atoms with Gasteiger partial charge in [-0.1, -0.05) is 13.8 Å². The van der Waals surface area contributed by atoms with Gasteiger partial charge in [-0.15, -0.1) is 0 Å². The summed E-state index contributed by atoms with van der Waals surface area (Å²) in [6.07, 6.45) is -2.48. The first kappa shape index (κ1) is 11.4. The van der Waals surface area contributed by atoms with Crippen LogP contribution in [0.5, 0.6) is 0 Å². The molecule has 4 nitrogen and oxygen atoms in total. The Hall–Kier alpha value is -0.610. The van der Waals surface area contributed by atoms with Crippen LogP contribution in [0.3, 0.4) is 0 Å². The van der Waals surface area contributed by atoms with Gasteiger partial charge in [0.15, 0.2) is 6.10 Å². The van der Waals surface area contributed by atoms with Crippen molar-refractivity contribution in [3.8, 4) is 0 Å². The van der Waals surface area contributed by atoms with Gasteiger partial charge in [-0.25, -0.2) is 4.79 Å². The van der Waals surface area contributed by atoms with Gasteiger partial charge >= 0.3 is 5.97 Å². The van der Waals surface area contributed by atoms with Crippen LogP contribution in [0.15, 0.2) is 0 Å². The van der Waals surface area contributed by atoms with Crippen molar-refractivity contribution in [3.05, 3.63) is 0 Å². The van der Waals surface area contributed by atoms with E-state index in [0.717, 1.165) is 0 Å². The molecular formula is C8H16O4. The Labute approximate surface area is 72.2 Å². The molecule has 12 heavy (non-hydrogen) atoms. The molecule has 0 radical (unpaired) electrons. The first-order valence-corrected chi connectivity index (χ1v) is 4.03. The third kappa shape index (κ3) is 3.19. The largest absolute Gasteiger partial charge is 0.464 e. The Kier molecular flexibility index (Phi) is 4.85. The number of hydrogen-bond acceptors (Lipinski definition) is 4. The molecule has 0 heterocycles. The maximum absolute atomic E-state index is 10.9. The fraction of sp³-hybridized carbons (Fsp3) is 0.875. The van der Waals surface area contributed by atoms with E-state index in [9.17, 15) is 9.90 Å². The van der Waals surface area contributed by atoms with Gasteiger partial charge in [0.05, 0.1) is 12.7 Å². The molecule has 2 atom stereocenters. The molecule has 2 N–H and O–H groups in total. The lowest BCUT2D eigenvalue weighted by atomic mass is 10.0. The summed E-state index contributed by atoms with van der Waals surface area (Å²) in [6.45, 7) is 5.29. The van der Waals surface area contributed by atoms with E-state index in [1.807, 2.05) is 0 Å². The zero-order valence-corrected chi connectivity index (χ0v) is 7.65. The van der Waals surface area contributed by atoms with Crippen LogP contribution >= 0.6 is 0 Å². The lowest BCUT2D eigenvalue weighted by Crippen LogP contribution is -2.38. The van der Waals surface area contributed by atoms with Crippen molar-refractivity contribution in [2.45, 2.75) is 33.0 Å². The Morgan fingerprint density at radius 3 is 2.25 bits per heavy atom. The van der Waals surface area contributed by atoms with E-state index >= 15 is 0 Å². The minimum absolute atomic E-state index is 0.163. The van der Waals surface area contributed by atoms with Crippen molar-refractivity contribution in [1.29, 1.82) is 0 Å². The van der Waals surface area contributed by atoms with Crippen LogP contribution in [-0.4, -0.2) is 35.0 Å². The predicted octanol–water partition coefficient (Wildman–Crippen LogP) is -0.0727. The minimum atomic E-state index is -1.43. The van der Waals surface area contributed by atoms with Gasteiger partial charge in [-0.3, -0.25) is 0 Å². The van der Waals surface area contributed by atoms with Gasteiger partial charge < -0.3 is 14.9 Å². The Morgan fingerprint density at radius 2 is 1.92 bits per heavy atom. The minimum Gasteiger partial charge on any atom is -0.464 e. The van der Waals surface area contributed by atoms with Crippen molar-refractivity contribution in [2.24, 2.45) is 5.92 Å². The fourth-order valence-corrected chi connectivity index (χ4v) is 0.732.